The topological polar surface area (TPSA) is 41.1 Å². The second kappa shape index (κ2) is 7.14. The zero-order valence-corrected chi connectivity index (χ0v) is 12.9. The van der Waals surface area contributed by atoms with Crippen molar-refractivity contribution in [2.75, 3.05) is 11.9 Å². The second-order valence-corrected chi connectivity index (χ2v) is 5.29. The first kappa shape index (κ1) is 15.4. The molecule has 0 saturated heterocycles. The Hall–Kier alpha value is -2.00. The molecule has 0 aliphatic heterocycles. The summed E-state index contributed by atoms with van der Waals surface area (Å²) in [5.41, 5.74) is 2.69. The van der Waals surface area contributed by atoms with E-state index in [-0.39, 0.29) is 11.9 Å². The summed E-state index contributed by atoms with van der Waals surface area (Å²) in [6.45, 7) is 4.85. The van der Waals surface area contributed by atoms with Gasteiger partial charge < -0.3 is 10.6 Å². The van der Waals surface area contributed by atoms with E-state index in [0.717, 1.165) is 17.8 Å². The van der Waals surface area contributed by atoms with Crippen molar-refractivity contribution in [2.24, 2.45) is 0 Å². The molecule has 2 N–H and O–H groups in total. The molecule has 0 aromatic heterocycles. The van der Waals surface area contributed by atoms with E-state index in [0.29, 0.717) is 10.6 Å². The average Bonchev–Trinajstić information content (AvgIpc) is 2.49. The van der Waals surface area contributed by atoms with Gasteiger partial charge in [-0.1, -0.05) is 23.7 Å². The second-order valence-electron chi connectivity index (χ2n) is 4.85. The molecule has 0 radical (unpaired) electrons. The van der Waals surface area contributed by atoms with Crippen LogP contribution in [0.15, 0.2) is 48.5 Å². The smallest absolute Gasteiger partial charge is 0.251 e. The SMILES string of the molecule is CCNc1ccc(C(=O)NC(C)c2ccc(Cl)cc2)cc1. The fraction of sp³-hybridized carbons (Fsp3) is 0.235. The molecule has 1 unspecified atom stereocenters. The van der Waals surface area contributed by atoms with Gasteiger partial charge in [0.1, 0.15) is 0 Å². The Morgan fingerprint density at radius 2 is 1.71 bits per heavy atom. The van der Waals surface area contributed by atoms with Gasteiger partial charge in [0.25, 0.3) is 5.91 Å². The number of hydrogen-bond donors (Lipinski definition) is 2. The van der Waals surface area contributed by atoms with Crippen molar-refractivity contribution in [1.82, 2.24) is 5.32 Å². The summed E-state index contributed by atoms with van der Waals surface area (Å²) in [5, 5.41) is 6.87. The number of amides is 1. The first-order chi connectivity index (χ1) is 10.1. The Labute approximate surface area is 130 Å². The summed E-state index contributed by atoms with van der Waals surface area (Å²) < 4.78 is 0. The van der Waals surface area contributed by atoms with E-state index in [9.17, 15) is 4.79 Å². The van der Waals surface area contributed by atoms with Crippen LogP contribution in [0.5, 0.6) is 0 Å². The van der Waals surface area contributed by atoms with Gasteiger partial charge in [-0.3, -0.25) is 4.79 Å². The lowest BCUT2D eigenvalue weighted by molar-refractivity contribution is 0.0940. The molecule has 1 amide bonds. The highest BCUT2D eigenvalue weighted by Crippen LogP contribution is 2.17. The standard InChI is InChI=1S/C17H19ClN2O/c1-3-19-16-10-6-14(7-11-16)17(21)20-12(2)13-4-8-15(18)9-5-13/h4-12,19H,3H2,1-2H3,(H,20,21). The van der Waals surface area contributed by atoms with Gasteiger partial charge in [0.15, 0.2) is 0 Å². The van der Waals surface area contributed by atoms with Crippen LogP contribution in [-0.4, -0.2) is 12.5 Å². The van der Waals surface area contributed by atoms with Gasteiger partial charge in [0.05, 0.1) is 6.04 Å². The summed E-state index contributed by atoms with van der Waals surface area (Å²) in [6, 6.07) is 14.9. The maximum Gasteiger partial charge on any atom is 0.251 e. The molecule has 0 aliphatic rings. The van der Waals surface area contributed by atoms with Crippen LogP contribution in [0.2, 0.25) is 5.02 Å². The van der Waals surface area contributed by atoms with Gasteiger partial charge in [0, 0.05) is 22.8 Å². The summed E-state index contributed by atoms with van der Waals surface area (Å²) in [4.78, 5) is 12.2. The molecule has 0 bridgehead atoms. The molecule has 0 spiro atoms. The van der Waals surface area contributed by atoms with Crippen LogP contribution in [-0.2, 0) is 0 Å². The van der Waals surface area contributed by atoms with Gasteiger partial charge >= 0.3 is 0 Å². The van der Waals surface area contributed by atoms with E-state index >= 15 is 0 Å². The minimum absolute atomic E-state index is 0.0665. The predicted molar refractivity (Wildman–Crippen MR) is 87.9 cm³/mol. The number of carbonyl (C=O) groups excluding carboxylic acids is 1. The lowest BCUT2D eigenvalue weighted by Crippen LogP contribution is -2.26. The van der Waals surface area contributed by atoms with Crippen LogP contribution in [0.25, 0.3) is 0 Å². The Kier molecular flexibility index (Phi) is 5.23. The quantitative estimate of drug-likeness (QED) is 0.866. The maximum atomic E-state index is 12.2. The molecule has 0 fully saturated rings. The van der Waals surface area contributed by atoms with Crippen molar-refractivity contribution < 1.29 is 4.79 Å². The summed E-state index contributed by atoms with van der Waals surface area (Å²) in [6.07, 6.45) is 0. The van der Waals surface area contributed by atoms with E-state index in [4.69, 9.17) is 11.6 Å². The molecule has 1 atom stereocenters. The molecule has 0 saturated carbocycles. The van der Waals surface area contributed by atoms with Gasteiger partial charge in [-0.25, -0.2) is 0 Å². The fourth-order valence-electron chi connectivity index (χ4n) is 2.06. The predicted octanol–water partition coefficient (Wildman–Crippen LogP) is 4.26. The minimum Gasteiger partial charge on any atom is -0.385 e. The fourth-order valence-corrected chi connectivity index (χ4v) is 2.18. The van der Waals surface area contributed by atoms with E-state index in [1.807, 2.05) is 62.4 Å². The third-order valence-corrected chi connectivity index (χ3v) is 3.50. The molecular formula is C17H19ClN2O. The van der Waals surface area contributed by atoms with E-state index in [2.05, 4.69) is 10.6 Å². The first-order valence-corrected chi connectivity index (χ1v) is 7.38. The van der Waals surface area contributed by atoms with Gasteiger partial charge in [0.2, 0.25) is 0 Å². The summed E-state index contributed by atoms with van der Waals surface area (Å²) in [7, 11) is 0. The van der Waals surface area contributed by atoms with Crippen LogP contribution in [0.1, 0.15) is 35.8 Å². The number of halogens is 1. The number of anilines is 1. The maximum absolute atomic E-state index is 12.2. The molecule has 0 aliphatic carbocycles. The molecule has 2 rings (SSSR count). The molecule has 2 aromatic carbocycles. The largest absolute Gasteiger partial charge is 0.385 e. The molecular weight excluding hydrogens is 284 g/mol. The molecule has 4 heteroatoms. The van der Waals surface area contributed by atoms with E-state index in [1.165, 1.54) is 0 Å². The number of carbonyl (C=O) groups is 1. The number of benzene rings is 2. The third kappa shape index (κ3) is 4.23. The van der Waals surface area contributed by atoms with Crippen molar-refractivity contribution >= 4 is 23.2 Å². The summed E-state index contributed by atoms with van der Waals surface area (Å²) >= 11 is 5.87. The molecule has 0 heterocycles. The van der Waals surface area contributed by atoms with Crippen LogP contribution in [0.4, 0.5) is 5.69 Å². The minimum atomic E-state index is -0.0829. The zero-order chi connectivity index (χ0) is 15.2. The molecule has 110 valence electrons. The van der Waals surface area contributed by atoms with E-state index in [1.54, 1.807) is 0 Å². The summed E-state index contributed by atoms with van der Waals surface area (Å²) in [5.74, 6) is -0.0829. The normalized spacial score (nSPS) is 11.8. The number of rotatable bonds is 5. The Balaban J connectivity index is 2.01. The molecule has 21 heavy (non-hydrogen) atoms. The highest BCUT2D eigenvalue weighted by atomic mass is 35.5. The Bertz CT molecular complexity index is 593. The van der Waals surface area contributed by atoms with Gasteiger partial charge in [-0.15, -0.1) is 0 Å². The highest BCUT2D eigenvalue weighted by Gasteiger charge is 2.11. The van der Waals surface area contributed by atoms with E-state index < -0.39 is 0 Å². The van der Waals surface area contributed by atoms with Crippen molar-refractivity contribution in [1.29, 1.82) is 0 Å². The lowest BCUT2D eigenvalue weighted by Gasteiger charge is -2.14. The molecule has 2 aromatic rings. The van der Waals surface area contributed by atoms with Crippen molar-refractivity contribution in [3.8, 4) is 0 Å². The first-order valence-electron chi connectivity index (χ1n) is 7.00. The van der Waals surface area contributed by atoms with Crippen LogP contribution >= 0.6 is 11.6 Å². The number of hydrogen-bond acceptors (Lipinski definition) is 2. The highest BCUT2D eigenvalue weighted by molar-refractivity contribution is 6.30. The van der Waals surface area contributed by atoms with Gasteiger partial charge in [-0.05, 0) is 55.8 Å². The van der Waals surface area contributed by atoms with Gasteiger partial charge in [-0.2, -0.15) is 0 Å². The van der Waals surface area contributed by atoms with Crippen LogP contribution in [0, 0.1) is 0 Å². The number of nitrogens with one attached hydrogen (secondary N) is 2. The monoisotopic (exact) mass is 302 g/mol. The van der Waals surface area contributed by atoms with Crippen LogP contribution in [0.3, 0.4) is 0 Å². The molecule has 3 nitrogen and oxygen atoms in total. The Morgan fingerprint density at radius 1 is 1.10 bits per heavy atom. The van der Waals surface area contributed by atoms with Crippen LogP contribution < -0.4 is 10.6 Å². The van der Waals surface area contributed by atoms with Crippen molar-refractivity contribution in [3.05, 3.63) is 64.7 Å². The average molecular weight is 303 g/mol. The zero-order valence-electron chi connectivity index (χ0n) is 12.2. The third-order valence-electron chi connectivity index (χ3n) is 3.25. The lowest BCUT2D eigenvalue weighted by atomic mass is 10.1. The van der Waals surface area contributed by atoms with Crippen molar-refractivity contribution in [3.63, 3.8) is 0 Å². The van der Waals surface area contributed by atoms with Crippen molar-refractivity contribution in [2.45, 2.75) is 19.9 Å². The Morgan fingerprint density at radius 3 is 2.29 bits per heavy atom.